The smallest absolute Gasteiger partial charge is 0.406 e. The predicted molar refractivity (Wildman–Crippen MR) is 123 cm³/mol. The zero-order valence-electron chi connectivity index (χ0n) is 18.4. The average molecular weight is 467 g/mol. The highest BCUT2D eigenvalue weighted by molar-refractivity contribution is 5.79. The molecule has 0 amide bonds. The van der Waals surface area contributed by atoms with Crippen molar-refractivity contribution in [2.45, 2.75) is 19.5 Å². The Balaban J connectivity index is 1.15. The molecule has 0 bridgehead atoms. The second-order valence-corrected chi connectivity index (χ2v) is 8.42. The van der Waals surface area contributed by atoms with Gasteiger partial charge in [0.05, 0.1) is 11.0 Å². The zero-order valence-corrected chi connectivity index (χ0v) is 18.4. The van der Waals surface area contributed by atoms with Crippen LogP contribution in [0.1, 0.15) is 11.1 Å². The highest BCUT2D eigenvalue weighted by Crippen LogP contribution is 2.24. The van der Waals surface area contributed by atoms with Gasteiger partial charge in [-0.2, -0.15) is 0 Å². The number of piperazine rings is 1. The van der Waals surface area contributed by atoms with Crippen molar-refractivity contribution in [1.29, 1.82) is 0 Å². The van der Waals surface area contributed by atoms with E-state index in [9.17, 15) is 13.2 Å². The van der Waals surface area contributed by atoms with E-state index in [4.69, 9.17) is 0 Å². The summed E-state index contributed by atoms with van der Waals surface area (Å²) in [5.41, 5.74) is 5.09. The lowest BCUT2D eigenvalue weighted by Crippen LogP contribution is -2.45. The van der Waals surface area contributed by atoms with Crippen LogP contribution in [0.25, 0.3) is 22.4 Å². The molecule has 2 aromatic heterocycles. The molecule has 0 unspecified atom stereocenters. The molecule has 6 nitrogen and oxygen atoms in total. The van der Waals surface area contributed by atoms with Crippen molar-refractivity contribution < 1.29 is 17.9 Å². The number of aromatic nitrogens is 3. The van der Waals surface area contributed by atoms with Gasteiger partial charge < -0.3 is 9.72 Å². The molecular weight excluding hydrogens is 443 g/mol. The topological polar surface area (TPSA) is 57.3 Å². The standard InChI is InChI=1S/C25H24F3N5O/c26-25(27,28)34-21-6-3-18(4-7-21)16-32-10-12-33(13-11-32)17-19-5-8-22-23(14-19)31-24(30-22)20-2-1-9-29-15-20/h1-9,14-15H,10-13,16-17H2,(H,30,31). The SMILES string of the molecule is FC(F)(F)Oc1ccc(CN2CCN(Cc3ccc4nc(-c5cccnc5)[nH]c4c3)CC2)cc1. The zero-order chi connectivity index (χ0) is 23.5. The first-order valence-electron chi connectivity index (χ1n) is 11.1. The molecule has 9 heteroatoms. The van der Waals surface area contributed by atoms with Gasteiger partial charge in [-0.1, -0.05) is 18.2 Å². The minimum absolute atomic E-state index is 0.192. The molecule has 1 saturated heterocycles. The van der Waals surface area contributed by atoms with E-state index in [1.807, 2.05) is 18.2 Å². The Morgan fingerprint density at radius 2 is 1.56 bits per heavy atom. The summed E-state index contributed by atoms with van der Waals surface area (Å²) in [6.07, 6.45) is -1.13. The highest BCUT2D eigenvalue weighted by Gasteiger charge is 2.31. The molecule has 1 fully saturated rings. The van der Waals surface area contributed by atoms with E-state index >= 15 is 0 Å². The quantitative estimate of drug-likeness (QED) is 0.440. The van der Waals surface area contributed by atoms with Crippen LogP contribution in [0, 0.1) is 0 Å². The largest absolute Gasteiger partial charge is 0.573 e. The Bertz CT molecular complexity index is 1230. The van der Waals surface area contributed by atoms with E-state index in [2.05, 4.69) is 41.6 Å². The highest BCUT2D eigenvalue weighted by atomic mass is 19.4. The lowest BCUT2D eigenvalue weighted by molar-refractivity contribution is -0.274. The summed E-state index contributed by atoms with van der Waals surface area (Å²) in [5, 5.41) is 0. The first-order valence-corrected chi connectivity index (χ1v) is 11.1. The maximum atomic E-state index is 12.3. The number of H-pyrrole nitrogens is 1. The van der Waals surface area contributed by atoms with Gasteiger partial charge in [-0.3, -0.25) is 14.8 Å². The fourth-order valence-electron chi connectivity index (χ4n) is 4.21. The first-order chi connectivity index (χ1) is 16.4. The van der Waals surface area contributed by atoms with Crippen molar-refractivity contribution in [3.05, 3.63) is 78.1 Å². The van der Waals surface area contributed by atoms with E-state index in [0.717, 1.165) is 60.7 Å². The summed E-state index contributed by atoms with van der Waals surface area (Å²) in [6.45, 7) is 5.22. The third kappa shape index (κ3) is 5.55. The minimum atomic E-state index is -4.67. The van der Waals surface area contributed by atoms with Crippen LogP contribution in [0.2, 0.25) is 0 Å². The number of fused-ring (bicyclic) bond motifs is 1. The molecule has 176 valence electrons. The summed E-state index contributed by atoms with van der Waals surface area (Å²) in [4.78, 5) is 16.9. The fourth-order valence-corrected chi connectivity index (χ4v) is 4.21. The van der Waals surface area contributed by atoms with E-state index in [1.54, 1.807) is 24.5 Å². The number of pyridine rings is 1. The van der Waals surface area contributed by atoms with Gasteiger partial charge in [0, 0.05) is 57.2 Å². The number of aromatic amines is 1. The number of benzene rings is 2. The number of rotatable bonds is 6. The van der Waals surface area contributed by atoms with Crippen LogP contribution in [-0.4, -0.2) is 57.3 Å². The second kappa shape index (κ2) is 9.44. The molecule has 4 aromatic rings. The maximum Gasteiger partial charge on any atom is 0.573 e. The average Bonchev–Trinajstić information content (AvgIpc) is 3.25. The number of hydrogen-bond donors (Lipinski definition) is 1. The molecular formula is C25H24F3N5O. The molecule has 0 atom stereocenters. The van der Waals surface area contributed by atoms with E-state index in [-0.39, 0.29) is 5.75 Å². The molecule has 1 aliphatic rings. The number of nitrogens with zero attached hydrogens (tertiary/aromatic N) is 4. The Hall–Kier alpha value is -3.43. The van der Waals surface area contributed by atoms with E-state index in [1.165, 1.54) is 17.7 Å². The number of imidazole rings is 1. The number of ether oxygens (including phenoxy) is 1. The third-order valence-electron chi connectivity index (χ3n) is 5.92. The van der Waals surface area contributed by atoms with Gasteiger partial charge in [0.25, 0.3) is 0 Å². The minimum Gasteiger partial charge on any atom is -0.406 e. The van der Waals surface area contributed by atoms with Crippen LogP contribution in [0.4, 0.5) is 13.2 Å². The lowest BCUT2D eigenvalue weighted by atomic mass is 10.1. The fraction of sp³-hybridized carbons (Fsp3) is 0.280. The number of nitrogens with one attached hydrogen (secondary N) is 1. The van der Waals surface area contributed by atoms with Gasteiger partial charge >= 0.3 is 6.36 Å². The van der Waals surface area contributed by atoms with Gasteiger partial charge in [-0.15, -0.1) is 13.2 Å². The third-order valence-corrected chi connectivity index (χ3v) is 5.92. The van der Waals surface area contributed by atoms with Crippen LogP contribution in [0.15, 0.2) is 67.0 Å². The van der Waals surface area contributed by atoms with Gasteiger partial charge in [-0.25, -0.2) is 4.98 Å². The Morgan fingerprint density at radius 3 is 2.21 bits per heavy atom. The van der Waals surface area contributed by atoms with Crippen LogP contribution in [-0.2, 0) is 13.1 Å². The summed E-state index contributed by atoms with van der Waals surface area (Å²) in [7, 11) is 0. The molecule has 1 aliphatic heterocycles. The van der Waals surface area contributed by atoms with Crippen LogP contribution in [0.3, 0.4) is 0 Å². The monoisotopic (exact) mass is 467 g/mol. The summed E-state index contributed by atoms with van der Waals surface area (Å²) >= 11 is 0. The Kier molecular flexibility index (Phi) is 6.21. The van der Waals surface area contributed by atoms with E-state index < -0.39 is 6.36 Å². The molecule has 0 saturated carbocycles. The van der Waals surface area contributed by atoms with Gasteiger partial charge in [-0.05, 0) is 47.5 Å². The number of alkyl halides is 3. The molecule has 0 aliphatic carbocycles. The molecule has 5 rings (SSSR count). The van der Waals surface area contributed by atoms with Gasteiger partial charge in [0.2, 0.25) is 0 Å². The van der Waals surface area contributed by atoms with Crippen molar-refractivity contribution in [2.24, 2.45) is 0 Å². The van der Waals surface area contributed by atoms with Crippen molar-refractivity contribution >= 4 is 11.0 Å². The molecule has 3 heterocycles. The molecule has 1 N–H and O–H groups in total. The Labute approximate surface area is 195 Å². The predicted octanol–water partition coefficient (Wildman–Crippen LogP) is 4.84. The Morgan fingerprint density at radius 1 is 0.882 bits per heavy atom. The number of hydrogen-bond acceptors (Lipinski definition) is 5. The normalized spacial score (nSPS) is 15.6. The van der Waals surface area contributed by atoms with Crippen molar-refractivity contribution in [1.82, 2.24) is 24.8 Å². The summed E-state index contributed by atoms with van der Waals surface area (Å²) < 4.78 is 40.9. The number of halogens is 3. The van der Waals surface area contributed by atoms with Gasteiger partial charge in [0.1, 0.15) is 11.6 Å². The first kappa shape index (κ1) is 22.4. The summed E-state index contributed by atoms with van der Waals surface area (Å²) in [5.74, 6) is 0.620. The molecule has 2 aromatic carbocycles. The van der Waals surface area contributed by atoms with E-state index in [0.29, 0.717) is 6.54 Å². The van der Waals surface area contributed by atoms with Crippen molar-refractivity contribution in [2.75, 3.05) is 26.2 Å². The maximum absolute atomic E-state index is 12.3. The van der Waals surface area contributed by atoms with Crippen molar-refractivity contribution in [3.63, 3.8) is 0 Å². The van der Waals surface area contributed by atoms with Crippen LogP contribution < -0.4 is 4.74 Å². The van der Waals surface area contributed by atoms with Gasteiger partial charge in [0.15, 0.2) is 0 Å². The second-order valence-electron chi connectivity index (χ2n) is 8.42. The lowest BCUT2D eigenvalue weighted by Gasteiger charge is -2.34. The van der Waals surface area contributed by atoms with Crippen LogP contribution >= 0.6 is 0 Å². The molecule has 0 radical (unpaired) electrons. The van der Waals surface area contributed by atoms with Crippen LogP contribution in [0.5, 0.6) is 5.75 Å². The molecule has 0 spiro atoms. The molecule has 34 heavy (non-hydrogen) atoms. The summed E-state index contributed by atoms with van der Waals surface area (Å²) in [6, 6.07) is 16.3. The van der Waals surface area contributed by atoms with Crippen molar-refractivity contribution in [3.8, 4) is 17.1 Å².